The quantitative estimate of drug-likeness (QED) is 0.830. The number of benzene rings is 1. The first-order valence-corrected chi connectivity index (χ1v) is 8.09. The van der Waals surface area contributed by atoms with Crippen LogP contribution in [0.15, 0.2) is 27.5 Å². The number of nitrogens with one attached hydrogen (secondary N) is 1. The van der Waals surface area contributed by atoms with E-state index in [9.17, 15) is 9.32 Å². The Balaban J connectivity index is 1.83. The van der Waals surface area contributed by atoms with E-state index < -0.39 is 11.0 Å². The molecule has 1 fully saturated rings. The number of anilines is 1. The van der Waals surface area contributed by atoms with Crippen molar-refractivity contribution in [3.05, 3.63) is 23.2 Å². The summed E-state index contributed by atoms with van der Waals surface area (Å²) in [7, 11) is -1.43. The summed E-state index contributed by atoms with van der Waals surface area (Å²) in [5.74, 6) is 0.879. The number of aliphatic hydroxyl groups is 1. The van der Waals surface area contributed by atoms with Crippen LogP contribution in [0.1, 0.15) is 12.8 Å². The highest BCUT2D eigenvalue weighted by Gasteiger charge is 2.26. The molecule has 2 atom stereocenters. The number of rotatable bonds is 1. The number of nitrogens with zero attached hydrogens (tertiary/aromatic N) is 2. The third kappa shape index (κ3) is 2.68. The minimum absolute atomic E-state index is 0.180. The Bertz CT molecular complexity index is 579. The standard InChI is InChI=1S/C13H16ClN3O2S/c14-10-3-4-11-12(6-10)20(19)16-13(15-11)17-5-1-2-9(7-17)8-18/h3-4,6,9,18H,1-2,5,7-8H2,(H,15,16). The fraction of sp³-hybridized carbons (Fsp3) is 0.462. The van der Waals surface area contributed by atoms with Crippen LogP contribution in [0.4, 0.5) is 5.69 Å². The summed E-state index contributed by atoms with van der Waals surface area (Å²) >= 11 is 5.92. The fourth-order valence-electron chi connectivity index (χ4n) is 2.56. The van der Waals surface area contributed by atoms with Crippen LogP contribution in [0.5, 0.6) is 0 Å². The molecule has 0 saturated carbocycles. The summed E-state index contributed by atoms with van der Waals surface area (Å²) in [5.41, 5.74) is 0.781. The Labute approximate surface area is 125 Å². The molecular weight excluding hydrogens is 298 g/mol. The molecule has 0 aromatic heterocycles. The molecule has 108 valence electrons. The number of hydrogen-bond acceptors (Lipinski definition) is 4. The van der Waals surface area contributed by atoms with Crippen molar-refractivity contribution in [1.82, 2.24) is 4.90 Å². The van der Waals surface area contributed by atoms with Gasteiger partial charge >= 0.3 is 0 Å². The number of halogens is 1. The summed E-state index contributed by atoms with van der Waals surface area (Å²) in [5, 5.41) is 13.0. The maximum atomic E-state index is 12.2. The molecule has 0 radical (unpaired) electrons. The zero-order valence-electron chi connectivity index (χ0n) is 10.9. The van der Waals surface area contributed by atoms with Crippen LogP contribution in [0, 0.1) is 5.92 Å². The van der Waals surface area contributed by atoms with Crippen LogP contribution in [-0.2, 0) is 11.0 Å². The van der Waals surface area contributed by atoms with Crippen molar-refractivity contribution in [1.29, 1.82) is 0 Å². The molecule has 1 saturated heterocycles. The maximum absolute atomic E-state index is 12.2. The van der Waals surface area contributed by atoms with E-state index in [1.165, 1.54) is 0 Å². The van der Waals surface area contributed by atoms with Crippen LogP contribution >= 0.6 is 11.6 Å². The van der Waals surface area contributed by atoms with Crippen molar-refractivity contribution < 1.29 is 9.32 Å². The van der Waals surface area contributed by atoms with E-state index in [4.69, 9.17) is 11.6 Å². The lowest BCUT2D eigenvalue weighted by Crippen LogP contribution is -2.45. The minimum atomic E-state index is -1.43. The summed E-state index contributed by atoms with van der Waals surface area (Å²) in [6, 6.07) is 5.25. The molecule has 0 aliphatic carbocycles. The Kier molecular flexibility index (Phi) is 3.96. The molecule has 1 aromatic rings. The van der Waals surface area contributed by atoms with E-state index in [1.54, 1.807) is 12.1 Å². The number of aliphatic hydroxyl groups excluding tert-OH is 1. The van der Waals surface area contributed by atoms with Crippen LogP contribution in [-0.4, -0.2) is 39.9 Å². The smallest absolute Gasteiger partial charge is 0.213 e. The van der Waals surface area contributed by atoms with Crippen LogP contribution in [0.25, 0.3) is 0 Å². The molecule has 2 aliphatic heterocycles. The molecule has 3 rings (SSSR count). The average Bonchev–Trinajstić information content (AvgIpc) is 2.48. The SMILES string of the molecule is O=S1N=C(N2CCCC(CO)C2)Nc2ccc(Cl)cc21. The van der Waals surface area contributed by atoms with Crippen molar-refractivity contribution in [2.45, 2.75) is 17.7 Å². The van der Waals surface area contributed by atoms with Gasteiger partial charge in [-0.2, -0.15) is 0 Å². The number of piperidine rings is 1. The highest BCUT2D eigenvalue weighted by molar-refractivity contribution is 7.84. The lowest BCUT2D eigenvalue weighted by Gasteiger charge is -2.35. The monoisotopic (exact) mass is 313 g/mol. The molecule has 7 heteroatoms. The van der Waals surface area contributed by atoms with E-state index in [-0.39, 0.29) is 12.5 Å². The number of likely N-dealkylation sites (tertiary alicyclic amines) is 1. The second kappa shape index (κ2) is 5.71. The zero-order valence-corrected chi connectivity index (χ0v) is 12.5. The normalized spacial score (nSPS) is 25.7. The van der Waals surface area contributed by atoms with Gasteiger partial charge in [0, 0.05) is 24.7 Å². The molecule has 0 bridgehead atoms. The third-order valence-electron chi connectivity index (χ3n) is 3.62. The van der Waals surface area contributed by atoms with Gasteiger partial charge in [0.1, 0.15) is 0 Å². The van der Waals surface area contributed by atoms with Crippen LogP contribution in [0.3, 0.4) is 0 Å². The number of hydrogen-bond donors (Lipinski definition) is 2. The van der Waals surface area contributed by atoms with Crippen molar-refractivity contribution in [3.8, 4) is 0 Å². The van der Waals surface area contributed by atoms with Gasteiger partial charge in [-0.05, 0) is 37.0 Å². The Morgan fingerprint density at radius 1 is 1.55 bits per heavy atom. The summed E-state index contributed by atoms with van der Waals surface area (Å²) < 4.78 is 16.4. The van der Waals surface area contributed by atoms with Gasteiger partial charge in [-0.3, -0.25) is 0 Å². The van der Waals surface area contributed by atoms with E-state index in [0.29, 0.717) is 15.9 Å². The lowest BCUT2D eigenvalue weighted by atomic mass is 9.99. The van der Waals surface area contributed by atoms with Crippen LogP contribution in [0.2, 0.25) is 5.02 Å². The molecule has 5 nitrogen and oxygen atoms in total. The largest absolute Gasteiger partial charge is 0.396 e. The molecule has 1 aromatic carbocycles. The van der Waals surface area contributed by atoms with Gasteiger partial charge in [-0.1, -0.05) is 11.6 Å². The molecule has 0 amide bonds. The van der Waals surface area contributed by atoms with Crippen molar-refractivity contribution in [2.75, 3.05) is 25.0 Å². The topological polar surface area (TPSA) is 64.9 Å². The summed E-state index contributed by atoms with van der Waals surface area (Å²) in [6.45, 7) is 1.78. The Morgan fingerprint density at radius 2 is 2.40 bits per heavy atom. The molecule has 2 heterocycles. The number of guanidine groups is 1. The van der Waals surface area contributed by atoms with Gasteiger partial charge < -0.3 is 15.3 Å². The minimum Gasteiger partial charge on any atom is -0.396 e. The first-order chi connectivity index (χ1) is 9.67. The third-order valence-corrected chi connectivity index (χ3v) is 4.91. The average molecular weight is 314 g/mol. The Hall–Kier alpha value is -1.11. The maximum Gasteiger partial charge on any atom is 0.213 e. The second-order valence-electron chi connectivity index (χ2n) is 5.07. The molecular formula is C13H16ClN3O2S. The molecule has 2 aliphatic rings. The van der Waals surface area contributed by atoms with E-state index in [1.807, 2.05) is 6.07 Å². The molecule has 2 N–H and O–H groups in total. The van der Waals surface area contributed by atoms with Gasteiger partial charge in [0.25, 0.3) is 0 Å². The summed E-state index contributed by atoms with van der Waals surface area (Å²) in [4.78, 5) is 2.66. The van der Waals surface area contributed by atoms with Crippen molar-refractivity contribution in [3.63, 3.8) is 0 Å². The van der Waals surface area contributed by atoms with Gasteiger partial charge in [-0.25, -0.2) is 4.21 Å². The predicted molar refractivity (Wildman–Crippen MR) is 80.3 cm³/mol. The van der Waals surface area contributed by atoms with Gasteiger partial charge in [0.15, 0.2) is 11.0 Å². The lowest BCUT2D eigenvalue weighted by molar-refractivity contribution is 0.160. The van der Waals surface area contributed by atoms with E-state index in [0.717, 1.165) is 31.6 Å². The van der Waals surface area contributed by atoms with Gasteiger partial charge in [0.2, 0.25) is 5.96 Å². The second-order valence-corrected chi connectivity index (χ2v) is 6.62. The zero-order chi connectivity index (χ0) is 14.1. The van der Waals surface area contributed by atoms with Crippen molar-refractivity contribution >= 4 is 34.2 Å². The highest BCUT2D eigenvalue weighted by Crippen LogP contribution is 2.29. The number of fused-ring (bicyclic) bond motifs is 1. The first kappa shape index (κ1) is 13.9. The Morgan fingerprint density at radius 3 is 3.20 bits per heavy atom. The molecule has 20 heavy (non-hydrogen) atoms. The first-order valence-electron chi connectivity index (χ1n) is 6.60. The summed E-state index contributed by atoms with van der Waals surface area (Å²) in [6.07, 6.45) is 2.03. The van der Waals surface area contributed by atoms with E-state index in [2.05, 4.69) is 14.6 Å². The predicted octanol–water partition coefficient (Wildman–Crippen LogP) is 1.85. The van der Waals surface area contributed by atoms with Gasteiger partial charge in [-0.15, -0.1) is 4.40 Å². The van der Waals surface area contributed by atoms with Crippen LogP contribution < -0.4 is 5.32 Å². The van der Waals surface area contributed by atoms with E-state index >= 15 is 0 Å². The van der Waals surface area contributed by atoms with Gasteiger partial charge in [0.05, 0.1) is 10.6 Å². The highest BCUT2D eigenvalue weighted by atomic mass is 35.5. The molecule has 0 spiro atoms. The molecule has 2 unspecified atom stereocenters. The van der Waals surface area contributed by atoms with Crippen molar-refractivity contribution in [2.24, 2.45) is 10.3 Å². The fourth-order valence-corrected chi connectivity index (χ4v) is 3.75.